The minimum atomic E-state index is -0.220. The topological polar surface area (TPSA) is 25.4 Å². The first-order valence-corrected chi connectivity index (χ1v) is 11.3. The van der Waals surface area contributed by atoms with Crippen LogP contribution in [0.4, 0.5) is 0 Å². The molecule has 29 heavy (non-hydrogen) atoms. The predicted octanol–water partition coefficient (Wildman–Crippen LogP) is 5.54. The Morgan fingerprint density at radius 3 is 2.48 bits per heavy atom. The van der Waals surface area contributed by atoms with E-state index >= 15 is 0 Å². The molecule has 0 aliphatic heterocycles. The van der Waals surface area contributed by atoms with Gasteiger partial charge in [-0.1, -0.05) is 37.8 Å². The summed E-state index contributed by atoms with van der Waals surface area (Å²) in [5.41, 5.74) is 5.01. The van der Waals surface area contributed by atoms with Crippen LogP contribution >= 0.6 is 0 Å². The number of carbonyl (C=O) groups excluding carboxylic acids is 1. The summed E-state index contributed by atoms with van der Waals surface area (Å²) in [6.45, 7) is 2.13. The fourth-order valence-electron chi connectivity index (χ4n) is 5.71. The van der Waals surface area contributed by atoms with E-state index in [0.717, 1.165) is 18.5 Å². The largest absolute Gasteiger partial charge is 0.323 e. The highest BCUT2D eigenvalue weighted by molar-refractivity contribution is 5.89. The molecule has 0 saturated heterocycles. The number of aryl methyl sites for hydroxylation is 1. The van der Waals surface area contributed by atoms with E-state index in [9.17, 15) is 4.79 Å². The lowest BCUT2D eigenvalue weighted by Gasteiger charge is -2.20. The molecule has 2 aliphatic rings. The molecule has 1 atom stereocenters. The minimum absolute atomic E-state index is 0.196. The Hall–Kier alpha value is -2.42. The fourth-order valence-corrected chi connectivity index (χ4v) is 5.71. The summed E-state index contributed by atoms with van der Waals surface area (Å²) in [6.07, 6.45) is 16.1. The van der Waals surface area contributed by atoms with Gasteiger partial charge in [0, 0.05) is 37.4 Å². The maximum Gasteiger partial charge on any atom is 0.244 e. The Kier molecular flexibility index (Phi) is 4.99. The number of aromatic nitrogens is 2. The van der Waals surface area contributed by atoms with Gasteiger partial charge in [0.25, 0.3) is 0 Å². The number of ketones is 1. The molecule has 3 heteroatoms. The van der Waals surface area contributed by atoms with Crippen molar-refractivity contribution >= 4 is 11.3 Å². The van der Waals surface area contributed by atoms with Crippen LogP contribution in [-0.2, 0) is 4.79 Å². The molecule has 0 spiro atoms. The monoisotopic (exact) mass is 387 g/mol. The van der Waals surface area contributed by atoms with Crippen LogP contribution in [0.15, 0.2) is 55.0 Å². The van der Waals surface area contributed by atoms with Gasteiger partial charge in [0.1, 0.15) is 0 Å². The van der Waals surface area contributed by atoms with Gasteiger partial charge in [-0.2, -0.15) is 4.57 Å². The molecule has 0 N–H and O–H groups in total. The van der Waals surface area contributed by atoms with Crippen molar-refractivity contribution in [3.05, 3.63) is 71.8 Å². The van der Waals surface area contributed by atoms with Crippen molar-refractivity contribution in [3.8, 4) is 0 Å². The average Bonchev–Trinajstić information content (AvgIpc) is 3.50. The van der Waals surface area contributed by atoms with Crippen molar-refractivity contribution in [2.24, 2.45) is 5.92 Å². The van der Waals surface area contributed by atoms with Crippen LogP contribution in [-0.4, -0.2) is 10.2 Å². The molecule has 3 aromatic heterocycles. The molecule has 2 aliphatic carbocycles. The second kappa shape index (κ2) is 7.78. The first kappa shape index (κ1) is 18.6. The van der Waals surface area contributed by atoms with Gasteiger partial charge in [-0.05, 0) is 49.3 Å². The summed E-state index contributed by atoms with van der Waals surface area (Å²) in [5.74, 6) is 1.19. The van der Waals surface area contributed by atoms with E-state index in [1.807, 2.05) is 0 Å². The summed E-state index contributed by atoms with van der Waals surface area (Å²) in [4.78, 5) is 14.0. The molecule has 3 aromatic rings. The number of Topliss-reactive ketones (excluding diaryl/α,β-unsaturated/α-hetero) is 1. The molecule has 0 amide bonds. The van der Waals surface area contributed by atoms with Gasteiger partial charge >= 0.3 is 0 Å². The van der Waals surface area contributed by atoms with Gasteiger partial charge in [-0.3, -0.25) is 4.79 Å². The lowest BCUT2D eigenvalue weighted by molar-refractivity contribution is -0.706. The zero-order valence-corrected chi connectivity index (χ0v) is 17.4. The Morgan fingerprint density at radius 2 is 1.72 bits per heavy atom. The van der Waals surface area contributed by atoms with Crippen molar-refractivity contribution in [3.63, 3.8) is 0 Å². The van der Waals surface area contributed by atoms with Crippen LogP contribution in [0.25, 0.3) is 5.52 Å². The molecule has 0 radical (unpaired) electrons. The molecule has 5 rings (SSSR count). The third kappa shape index (κ3) is 3.31. The zero-order valence-electron chi connectivity index (χ0n) is 17.4. The van der Waals surface area contributed by atoms with E-state index < -0.39 is 0 Å². The molecule has 0 aromatic carbocycles. The number of hydrogen-bond acceptors (Lipinski definition) is 1. The maximum atomic E-state index is 14.0. The fraction of sp³-hybridized carbons (Fsp3) is 0.462. The van der Waals surface area contributed by atoms with Gasteiger partial charge in [-0.25, -0.2) is 0 Å². The van der Waals surface area contributed by atoms with E-state index in [0.29, 0.717) is 11.7 Å². The van der Waals surface area contributed by atoms with E-state index in [1.165, 1.54) is 55.2 Å². The van der Waals surface area contributed by atoms with Gasteiger partial charge in [-0.15, -0.1) is 0 Å². The highest BCUT2D eigenvalue weighted by Gasteiger charge is 2.41. The summed E-state index contributed by atoms with van der Waals surface area (Å²) in [6, 6.07) is 12.4. The molecule has 0 bridgehead atoms. The summed E-state index contributed by atoms with van der Waals surface area (Å²) < 4.78 is 4.48. The van der Waals surface area contributed by atoms with Crippen molar-refractivity contribution in [1.82, 2.24) is 4.40 Å². The van der Waals surface area contributed by atoms with E-state index in [-0.39, 0.29) is 12.0 Å². The molecule has 3 nitrogen and oxygen atoms in total. The summed E-state index contributed by atoms with van der Waals surface area (Å²) in [5, 5.41) is 0. The van der Waals surface area contributed by atoms with Gasteiger partial charge in [0.15, 0.2) is 11.9 Å². The van der Waals surface area contributed by atoms with Crippen molar-refractivity contribution in [2.75, 3.05) is 0 Å². The lowest BCUT2D eigenvalue weighted by atomic mass is 9.86. The number of hydrogen-bond donors (Lipinski definition) is 0. The van der Waals surface area contributed by atoms with Crippen LogP contribution in [0.5, 0.6) is 0 Å². The van der Waals surface area contributed by atoms with Crippen molar-refractivity contribution < 1.29 is 9.36 Å². The SMILES string of the molecule is Cc1cccc[n+]1C(C(=O)C1CCCC1)c1c(C2CCCC2)cn2ccccc12. The second-order valence-electron chi connectivity index (χ2n) is 9.01. The van der Waals surface area contributed by atoms with Gasteiger partial charge in [0.2, 0.25) is 11.8 Å². The van der Waals surface area contributed by atoms with Crippen LogP contribution < -0.4 is 4.57 Å². The summed E-state index contributed by atoms with van der Waals surface area (Å²) >= 11 is 0. The van der Waals surface area contributed by atoms with Crippen LogP contribution in [0.2, 0.25) is 0 Å². The normalized spacial score (nSPS) is 19.2. The van der Waals surface area contributed by atoms with E-state index in [4.69, 9.17) is 0 Å². The zero-order chi connectivity index (χ0) is 19.8. The van der Waals surface area contributed by atoms with Crippen LogP contribution in [0.1, 0.15) is 80.1 Å². The number of rotatable bonds is 5. The predicted molar refractivity (Wildman–Crippen MR) is 115 cm³/mol. The van der Waals surface area contributed by atoms with Gasteiger partial charge < -0.3 is 4.40 Å². The van der Waals surface area contributed by atoms with Crippen LogP contribution in [0, 0.1) is 12.8 Å². The first-order chi connectivity index (χ1) is 14.2. The summed E-state index contributed by atoms with van der Waals surface area (Å²) in [7, 11) is 0. The van der Waals surface area contributed by atoms with Crippen molar-refractivity contribution in [1.29, 1.82) is 0 Å². The highest BCUT2D eigenvalue weighted by atomic mass is 16.1. The molecular formula is C26H31N2O+. The number of pyridine rings is 2. The van der Waals surface area contributed by atoms with Crippen LogP contribution in [0.3, 0.4) is 0 Å². The number of nitrogens with zero attached hydrogens (tertiary/aromatic N) is 2. The smallest absolute Gasteiger partial charge is 0.244 e. The standard InChI is InChI=1S/C26H31N2O/c1-19-10-6-9-17-28(19)25(26(29)21-13-4-5-14-21)24-22(20-11-2-3-12-20)18-27-16-8-7-15-23(24)27/h6-10,15-18,20-21,25H,2-5,11-14H2,1H3/q+1. The quantitative estimate of drug-likeness (QED) is 0.528. The first-order valence-electron chi connectivity index (χ1n) is 11.3. The van der Waals surface area contributed by atoms with E-state index in [2.05, 4.69) is 70.9 Å². The van der Waals surface area contributed by atoms with E-state index in [1.54, 1.807) is 0 Å². The lowest BCUT2D eigenvalue weighted by Crippen LogP contribution is -2.48. The molecular weight excluding hydrogens is 356 g/mol. The maximum absolute atomic E-state index is 14.0. The Balaban J connectivity index is 1.73. The molecule has 2 fully saturated rings. The third-order valence-electron chi connectivity index (χ3n) is 7.23. The molecule has 1 unspecified atom stereocenters. The highest BCUT2D eigenvalue weighted by Crippen LogP contribution is 2.41. The average molecular weight is 388 g/mol. The third-order valence-corrected chi connectivity index (χ3v) is 7.23. The van der Waals surface area contributed by atoms with Crippen molar-refractivity contribution in [2.45, 2.75) is 70.3 Å². The molecule has 3 heterocycles. The number of fused-ring (bicyclic) bond motifs is 1. The molecule has 2 saturated carbocycles. The number of carbonyl (C=O) groups is 1. The Labute approximate surface area is 173 Å². The van der Waals surface area contributed by atoms with Gasteiger partial charge in [0.05, 0.1) is 11.1 Å². The Bertz CT molecular complexity index is 1020. The molecule has 150 valence electrons. The second-order valence-corrected chi connectivity index (χ2v) is 9.01. The Morgan fingerprint density at radius 1 is 1.00 bits per heavy atom. The minimum Gasteiger partial charge on any atom is -0.323 e.